The SMILES string of the molecule is CCc1c(C(=O)O)nc2c(c1Br)CCCC2. The summed E-state index contributed by atoms with van der Waals surface area (Å²) in [6, 6.07) is 0. The molecule has 1 aliphatic rings. The molecule has 0 aliphatic heterocycles. The summed E-state index contributed by atoms with van der Waals surface area (Å²) in [5, 5.41) is 9.14. The first-order valence-corrected chi connectivity index (χ1v) is 6.37. The molecular weight excluding hydrogens is 270 g/mol. The number of aromatic carboxylic acids is 1. The number of carboxylic acid groups (broad SMARTS) is 1. The van der Waals surface area contributed by atoms with E-state index >= 15 is 0 Å². The average molecular weight is 284 g/mol. The molecule has 1 heterocycles. The van der Waals surface area contributed by atoms with Crippen molar-refractivity contribution in [2.24, 2.45) is 0 Å². The third-order valence-corrected chi connectivity index (χ3v) is 4.01. The quantitative estimate of drug-likeness (QED) is 0.908. The Balaban J connectivity index is 2.64. The minimum absolute atomic E-state index is 0.218. The average Bonchev–Trinajstić information content (AvgIpc) is 2.29. The summed E-state index contributed by atoms with van der Waals surface area (Å²) >= 11 is 3.54. The number of carboxylic acids is 1. The molecule has 0 saturated heterocycles. The first kappa shape index (κ1) is 11.6. The van der Waals surface area contributed by atoms with Gasteiger partial charge in [0.15, 0.2) is 5.69 Å². The fourth-order valence-electron chi connectivity index (χ4n) is 2.24. The summed E-state index contributed by atoms with van der Waals surface area (Å²) in [6.45, 7) is 1.96. The van der Waals surface area contributed by atoms with Crippen molar-refractivity contribution in [2.75, 3.05) is 0 Å². The molecular formula is C12H14BrNO2. The standard InChI is InChI=1S/C12H14BrNO2/c1-2-7-10(13)8-5-3-4-6-9(8)14-11(7)12(15)16/h2-6H2,1H3,(H,15,16). The van der Waals surface area contributed by atoms with E-state index in [4.69, 9.17) is 5.11 Å². The molecule has 0 fully saturated rings. The Kier molecular flexibility index (Phi) is 3.28. The minimum atomic E-state index is -0.925. The Morgan fingerprint density at radius 3 is 2.75 bits per heavy atom. The highest BCUT2D eigenvalue weighted by Crippen LogP contribution is 2.31. The number of hydrogen-bond donors (Lipinski definition) is 1. The van der Waals surface area contributed by atoms with Gasteiger partial charge in [-0.1, -0.05) is 22.9 Å². The van der Waals surface area contributed by atoms with Crippen LogP contribution in [0.2, 0.25) is 0 Å². The molecule has 0 bridgehead atoms. The first-order chi connectivity index (χ1) is 7.65. The lowest BCUT2D eigenvalue weighted by atomic mass is 9.93. The van der Waals surface area contributed by atoms with Crippen molar-refractivity contribution in [3.63, 3.8) is 0 Å². The topological polar surface area (TPSA) is 50.2 Å². The van der Waals surface area contributed by atoms with Crippen molar-refractivity contribution in [3.05, 3.63) is 27.0 Å². The molecule has 2 rings (SSSR count). The minimum Gasteiger partial charge on any atom is -0.477 e. The molecule has 1 aromatic rings. The van der Waals surface area contributed by atoms with E-state index in [1.54, 1.807) is 0 Å². The number of aryl methyl sites for hydroxylation is 1. The lowest BCUT2D eigenvalue weighted by Gasteiger charge is -2.19. The van der Waals surface area contributed by atoms with Crippen molar-refractivity contribution < 1.29 is 9.90 Å². The molecule has 16 heavy (non-hydrogen) atoms. The van der Waals surface area contributed by atoms with Crippen LogP contribution in [0.25, 0.3) is 0 Å². The lowest BCUT2D eigenvalue weighted by molar-refractivity contribution is 0.0688. The Morgan fingerprint density at radius 1 is 1.44 bits per heavy atom. The second-order valence-corrected chi connectivity index (χ2v) is 4.84. The predicted molar refractivity (Wildman–Crippen MR) is 64.9 cm³/mol. The summed E-state index contributed by atoms with van der Waals surface area (Å²) in [4.78, 5) is 15.5. The fraction of sp³-hybridized carbons (Fsp3) is 0.500. The Hall–Kier alpha value is -0.900. The molecule has 1 N–H and O–H groups in total. The Labute approximate surface area is 103 Å². The molecule has 0 atom stereocenters. The molecule has 0 unspecified atom stereocenters. The molecule has 1 aromatic heterocycles. The molecule has 0 spiro atoms. The van der Waals surface area contributed by atoms with Gasteiger partial charge >= 0.3 is 5.97 Å². The van der Waals surface area contributed by atoms with Crippen molar-refractivity contribution in [2.45, 2.75) is 39.0 Å². The second-order valence-electron chi connectivity index (χ2n) is 4.04. The number of hydrogen-bond acceptors (Lipinski definition) is 2. The number of aromatic nitrogens is 1. The maximum atomic E-state index is 11.1. The summed E-state index contributed by atoms with van der Waals surface area (Å²) in [6.07, 6.45) is 4.89. The summed E-state index contributed by atoms with van der Waals surface area (Å²) in [7, 11) is 0. The van der Waals surface area contributed by atoms with Gasteiger partial charge in [0.05, 0.1) is 0 Å². The smallest absolute Gasteiger partial charge is 0.354 e. The van der Waals surface area contributed by atoms with Crippen LogP contribution < -0.4 is 0 Å². The number of pyridine rings is 1. The summed E-state index contributed by atoms with van der Waals surface area (Å²) in [5.41, 5.74) is 3.23. The molecule has 0 aromatic carbocycles. The summed E-state index contributed by atoms with van der Waals surface area (Å²) in [5.74, 6) is -0.925. The second kappa shape index (κ2) is 4.53. The van der Waals surface area contributed by atoms with Gasteiger partial charge in [0.2, 0.25) is 0 Å². The maximum absolute atomic E-state index is 11.1. The molecule has 0 amide bonds. The van der Waals surface area contributed by atoms with Crippen LogP contribution >= 0.6 is 15.9 Å². The first-order valence-electron chi connectivity index (χ1n) is 5.58. The van der Waals surface area contributed by atoms with E-state index in [2.05, 4.69) is 20.9 Å². The number of rotatable bonds is 2. The Morgan fingerprint density at radius 2 is 2.12 bits per heavy atom. The van der Waals surface area contributed by atoms with Gasteiger partial charge < -0.3 is 5.11 Å². The largest absolute Gasteiger partial charge is 0.477 e. The number of fused-ring (bicyclic) bond motifs is 1. The van der Waals surface area contributed by atoms with Gasteiger partial charge in [0.1, 0.15) is 0 Å². The highest BCUT2D eigenvalue weighted by Gasteiger charge is 2.22. The predicted octanol–water partition coefficient (Wildman–Crippen LogP) is 2.98. The van der Waals surface area contributed by atoms with Crippen LogP contribution in [0.4, 0.5) is 0 Å². The third kappa shape index (κ3) is 1.86. The Bertz CT molecular complexity index is 443. The monoisotopic (exact) mass is 283 g/mol. The molecule has 3 nitrogen and oxygen atoms in total. The highest BCUT2D eigenvalue weighted by atomic mass is 79.9. The normalized spacial score (nSPS) is 14.6. The maximum Gasteiger partial charge on any atom is 0.354 e. The van der Waals surface area contributed by atoms with Gasteiger partial charge in [-0.2, -0.15) is 0 Å². The van der Waals surface area contributed by atoms with E-state index in [1.807, 2.05) is 6.92 Å². The van der Waals surface area contributed by atoms with Crippen LogP contribution in [-0.2, 0) is 19.3 Å². The number of nitrogens with zero attached hydrogens (tertiary/aromatic N) is 1. The van der Waals surface area contributed by atoms with Crippen LogP contribution in [0, 0.1) is 0 Å². The van der Waals surface area contributed by atoms with Gasteiger partial charge in [-0.05, 0) is 43.2 Å². The van der Waals surface area contributed by atoms with E-state index in [-0.39, 0.29) is 5.69 Å². The van der Waals surface area contributed by atoms with Crippen molar-refractivity contribution >= 4 is 21.9 Å². The zero-order chi connectivity index (χ0) is 11.7. The van der Waals surface area contributed by atoms with E-state index in [0.29, 0.717) is 6.42 Å². The number of carbonyl (C=O) groups is 1. The van der Waals surface area contributed by atoms with E-state index in [1.165, 1.54) is 12.0 Å². The van der Waals surface area contributed by atoms with Crippen LogP contribution in [0.3, 0.4) is 0 Å². The lowest BCUT2D eigenvalue weighted by Crippen LogP contribution is -2.14. The van der Waals surface area contributed by atoms with Gasteiger partial charge in [-0.15, -0.1) is 0 Å². The van der Waals surface area contributed by atoms with E-state index in [9.17, 15) is 4.79 Å². The van der Waals surface area contributed by atoms with Gasteiger partial charge in [0.25, 0.3) is 0 Å². The molecule has 1 aliphatic carbocycles. The van der Waals surface area contributed by atoms with Gasteiger partial charge in [-0.25, -0.2) is 9.78 Å². The molecule has 0 saturated carbocycles. The van der Waals surface area contributed by atoms with Crippen molar-refractivity contribution in [1.82, 2.24) is 4.98 Å². The van der Waals surface area contributed by atoms with E-state index in [0.717, 1.165) is 35.0 Å². The van der Waals surface area contributed by atoms with Crippen LogP contribution in [0.5, 0.6) is 0 Å². The third-order valence-electron chi connectivity index (χ3n) is 3.06. The zero-order valence-electron chi connectivity index (χ0n) is 9.22. The summed E-state index contributed by atoms with van der Waals surface area (Å²) < 4.78 is 0.970. The van der Waals surface area contributed by atoms with Gasteiger partial charge in [-0.3, -0.25) is 0 Å². The molecule has 0 radical (unpaired) electrons. The number of halogens is 1. The van der Waals surface area contributed by atoms with Gasteiger partial charge in [0, 0.05) is 10.2 Å². The van der Waals surface area contributed by atoms with Crippen LogP contribution in [-0.4, -0.2) is 16.1 Å². The molecule has 4 heteroatoms. The zero-order valence-corrected chi connectivity index (χ0v) is 10.8. The molecule has 86 valence electrons. The highest BCUT2D eigenvalue weighted by molar-refractivity contribution is 9.10. The van der Waals surface area contributed by atoms with Crippen molar-refractivity contribution in [3.8, 4) is 0 Å². The van der Waals surface area contributed by atoms with E-state index < -0.39 is 5.97 Å². The van der Waals surface area contributed by atoms with Crippen molar-refractivity contribution in [1.29, 1.82) is 0 Å². The van der Waals surface area contributed by atoms with Crippen LogP contribution in [0.1, 0.15) is 47.1 Å². The van der Waals surface area contributed by atoms with Crippen LogP contribution in [0.15, 0.2) is 4.47 Å². The fourth-order valence-corrected chi connectivity index (χ4v) is 3.13.